The van der Waals surface area contributed by atoms with Crippen molar-refractivity contribution in [1.82, 2.24) is 14.9 Å². The molecule has 7 nitrogen and oxygen atoms in total. The molecule has 1 aliphatic heterocycles. The molecule has 2 heterocycles. The summed E-state index contributed by atoms with van der Waals surface area (Å²) in [4.78, 5) is 14.1. The number of hydrogen-bond donors (Lipinski definition) is 2. The van der Waals surface area contributed by atoms with Gasteiger partial charge < -0.3 is 20.4 Å². The molecule has 1 atom stereocenters. The summed E-state index contributed by atoms with van der Waals surface area (Å²) in [5.41, 5.74) is 5.33. The minimum absolute atomic E-state index is 0.0183. The van der Waals surface area contributed by atoms with Crippen molar-refractivity contribution in [3.05, 3.63) is 66.1 Å². The van der Waals surface area contributed by atoms with Crippen molar-refractivity contribution in [1.29, 1.82) is 5.41 Å². The molecular formula is C25H35N6O+. The molecule has 0 amide bonds. The van der Waals surface area contributed by atoms with Gasteiger partial charge in [-0.25, -0.2) is 4.98 Å². The Morgan fingerprint density at radius 3 is 2.47 bits per heavy atom. The second kappa shape index (κ2) is 11.7. The van der Waals surface area contributed by atoms with E-state index in [-0.39, 0.29) is 6.10 Å². The van der Waals surface area contributed by atoms with Gasteiger partial charge in [-0.05, 0) is 12.0 Å². The molecule has 1 saturated heterocycles. The molecule has 1 fully saturated rings. The Morgan fingerprint density at radius 2 is 1.88 bits per heavy atom. The fraction of sp³-hybridized carbons (Fsp3) is 0.400. The van der Waals surface area contributed by atoms with Gasteiger partial charge in [-0.3, -0.25) is 9.88 Å². The molecule has 170 valence electrons. The molecule has 1 aromatic heterocycles. The molecule has 0 radical (unpaired) electrons. The van der Waals surface area contributed by atoms with Crippen LogP contribution in [-0.4, -0.2) is 68.0 Å². The molecule has 0 spiro atoms. The molecule has 0 aliphatic carbocycles. The highest BCUT2D eigenvalue weighted by Gasteiger charge is 2.22. The van der Waals surface area contributed by atoms with Crippen LogP contribution in [0.5, 0.6) is 0 Å². The third kappa shape index (κ3) is 5.68. The number of benzene rings is 1. The minimum atomic E-state index is 0.0183. The molecule has 0 saturated carbocycles. The van der Waals surface area contributed by atoms with Gasteiger partial charge >= 0.3 is 0 Å². The average molecular weight is 436 g/mol. The van der Waals surface area contributed by atoms with Crippen molar-refractivity contribution in [2.75, 3.05) is 51.8 Å². The van der Waals surface area contributed by atoms with Gasteiger partial charge in [-0.1, -0.05) is 30.3 Å². The van der Waals surface area contributed by atoms with Crippen LogP contribution < -0.4 is 10.2 Å². The summed E-state index contributed by atoms with van der Waals surface area (Å²) in [7, 11) is 3.75. The number of anilines is 1. The monoisotopic (exact) mass is 435 g/mol. The summed E-state index contributed by atoms with van der Waals surface area (Å²) in [5.74, 6) is 0.926. The van der Waals surface area contributed by atoms with E-state index in [1.807, 2.05) is 13.1 Å². The zero-order valence-electron chi connectivity index (χ0n) is 19.4. The van der Waals surface area contributed by atoms with Crippen molar-refractivity contribution < 1.29 is 10.1 Å². The van der Waals surface area contributed by atoms with E-state index in [4.69, 9.17) is 10.1 Å². The Bertz CT molecular complexity index is 932. The summed E-state index contributed by atoms with van der Waals surface area (Å²) < 4.78 is 5.58. The van der Waals surface area contributed by atoms with E-state index < -0.39 is 0 Å². The lowest BCUT2D eigenvalue weighted by Crippen LogP contribution is -2.77. The number of nitrogens with one attached hydrogen (secondary N) is 1. The predicted molar refractivity (Wildman–Crippen MR) is 130 cm³/mol. The second-order valence-corrected chi connectivity index (χ2v) is 8.00. The maximum Gasteiger partial charge on any atom is 0.155 e. The van der Waals surface area contributed by atoms with Crippen LogP contribution in [0, 0.1) is 5.41 Å². The molecule has 2 aromatic rings. The Hall–Kier alpha value is -2.87. The van der Waals surface area contributed by atoms with Gasteiger partial charge in [0.05, 0.1) is 13.2 Å². The Balaban J connectivity index is 1.73. The standard InChI is InChI=1S/C25H34N6O/c1-5-6-23(32-4)20-7-9-21(10-8-20)24-25(29-12-11-28-24)31-15-13-30(14-16-31)18-22(17-26)19(2)27-3/h5,7-12,17,23,26-27H,1,6,13-16,18H2,2-4H3/p+1. The highest BCUT2D eigenvalue weighted by molar-refractivity contribution is 5.76. The van der Waals surface area contributed by atoms with Gasteiger partial charge in [0.2, 0.25) is 0 Å². The zero-order chi connectivity index (χ0) is 22.9. The summed E-state index contributed by atoms with van der Waals surface area (Å²) in [6.45, 7) is 10.3. The number of methoxy groups -OCH3 is 1. The van der Waals surface area contributed by atoms with Crippen LogP contribution in [0.4, 0.5) is 5.82 Å². The van der Waals surface area contributed by atoms with Crippen LogP contribution in [0.15, 0.2) is 60.6 Å². The second-order valence-electron chi connectivity index (χ2n) is 8.00. The normalized spacial score (nSPS) is 16.4. The molecule has 7 heteroatoms. The van der Waals surface area contributed by atoms with Crippen molar-refractivity contribution in [3.63, 3.8) is 0 Å². The Morgan fingerprint density at radius 1 is 1.19 bits per heavy atom. The molecule has 1 aliphatic rings. The third-order valence-corrected chi connectivity index (χ3v) is 6.08. The van der Waals surface area contributed by atoms with Crippen molar-refractivity contribution in [2.45, 2.75) is 19.4 Å². The third-order valence-electron chi connectivity index (χ3n) is 6.08. The SMILES string of the molecule is C=CCC(OC)c1ccc(-c2nccnc2N2CCN(CC(C=N)=C(C)[NH2+]C)CC2)cc1. The van der Waals surface area contributed by atoms with Crippen molar-refractivity contribution in [2.24, 2.45) is 0 Å². The summed E-state index contributed by atoms with van der Waals surface area (Å²) >= 11 is 0. The van der Waals surface area contributed by atoms with Gasteiger partial charge in [0.25, 0.3) is 0 Å². The lowest BCUT2D eigenvalue weighted by molar-refractivity contribution is -0.576. The molecular weight excluding hydrogens is 400 g/mol. The Labute approximate surface area is 191 Å². The van der Waals surface area contributed by atoms with E-state index in [1.54, 1.807) is 19.5 Å². The van der Waals surface area contributed by atoms with Crippen molar-refractivity contribution in [3.8, 4) is 11.3 Å². The van der Waals surface area contributed by atoms with Crippen LogP contribution in [0.3, 0.4) is 0 Å². The summed E-state index contributed by atoms with van der Waals surface area (Å²) in [5, 5.41) is 9.79. The first kappa shape index (κ1) is 23.8. The lowest BCUT2D eigenvalue weighted by atomic mass is 10.0. The van der Waals surface area contributed by atoms with Crippen LogP contribution in [0.25, 0.3) is 11.3 Å². The van der Waals surface area contributed by atoms with E-state index in [0.29, 0.717) is 0 Å². The van der Waals surface area contributed by atoms with Gasteiger partial charge in [0.1, 0.15) is 11.4 Å². The zero-order valence-corrected chi connectivity index (χ0v) is 19.4. The van der Waals surface area contributed by atoms with Gasteiger partial charge in [0.15, 0.2) is 5.82 Å². The van der Waals surface area contributed by atoms with Gasteiger partial charge in [-0.15, -0.1) is 6.58 Å². The number of ether oxygens (including phenoxy) is 1. The van der Waals surface area contributed by atoms with Gasteiger partial charge in [-0.2, -0.15) is 0 Å². The fourth-order valence-electron chi connectivity index (χ4n) is 3.97. The summed E-state index contributed by atoms with van der Waals surface area (Å²) in [6.07, 6.45) is 7.68. The molecule has 1 aromatic carbocycles. The first-order chi connectivity index (χ1) is 15.6. The lowest BCUT2D eigenvalue weighted by Gasteiger charge is -2.36. The number of hydrogen-bond acceptors (Lipinski definition) is 6. The minimum Gasteiger partial charge on any atom is -0.376 e. The van der Waals surface area contributed by atoms with E-state index in [9.17, 15) is 0 Å². The number of nitrogens with zero attached hydrogens (tertiary/aromatic N) is 4. The number of allylic oxidation sites excluding steroid dienone is 1. The number of piperazine rings is 1. The topological polar surface area (TPSA) is 82.0 Å². The first-order valence-corrected chi connectivity index (χ1v) is 11.1. The quantitative estimate of drug-likeness (QED) is 0.443. The van der Waals surface area contributed by atoms with Gasteiger partial charge in [0, 0.05) is 76.5 Å². The maximum absolute atomic E-state index is 7.72. The van der Waals surface area contributed by atoms with Crippen LogP contribution in [-0.2, 0) is 4.74 Å². The van der Waals surface area contributed by atoms with E-state index in [1.165, 1.54) is 11.9 Å². The predicted octanol–water partition coefficient (Wildman–Crippen LogP) is 2.65. The average Bonchev–Trinajstić information content (AvgIpc) is 2.86. The van der Waals surface area contributed by atoms with E-state index in [2.05, 4.69) is 62.9 Å². The molecule has 0 bridgehead atoms. The van der Waals surface area contributed by atoms with Crippen molar-refractivity contribution >= 4 is 12.0 Å². The summed E-state index contributed by atoms with van der Waals surface area (Å²) in [6, 6.07) is 8.39. The van der Waals surface area contributed by atoms with E-state index >= 15 is 0 Å². The highest BCUT2D eigenvalue weighted by atomic mass is 16.5. The number of rotatable bonds is 10. The number of aromatic nitrogens is 2. The smallest absolute Gasteiger partial charge is 0.155 e. The molecule has 3 N–H and O–H groups in total. The Kier molecular flexibility index (Phi) is 8.67. The molecule has 1 unspecified atom stereocenters. The largest absolute Gasteiger partial charge is 0.376 e. The van der Waals surface area contributed by atoms with E-state index in [0.717, 1.165) is 67.4 Å². The van der Waals surface area contributed by atoms with Crippen LogP contribution in [0.1, 0.15) is 25.0 Å². The highest BCUT2D eigenvalue weighted by Crippen LogP contribution is 2.29. The fourth-order valence-corrected chi connectivity index (χ4v) is 3.97. The number of nitrogens with two attached hydrogens (primary N) is 1. The first-order valence-electron chi connectivity index (χ1n) is 11.1. The van der Waals surface area contributed by atoms with Crippen LogP contribution in [0.2, 0.25) is 0 Å². The van der Waals surface area contributed by atoms with Crippen LogP contribution >= 0.6 is 0 Å². The molecule has 32 heavy (non-hydrogen) atoms. The number of quaternary nitrogens is 1. The molecule has 3 rings (SSSR count). The maximum atomic E-state index is 7.72.